The molecule has 0 spiro atoms. The summed E-state index contributed by atoms with van der Waals surface area (Å²) in [5.41, 5.74) is 0. The minimum Gasteiger partial charge on any atom is -0.212 e. The summed E-state index contributed by atoms with van der Waals surface area (Å²) in [5.74, 6) is 0.183. The molecule has 1 saturated heterocycles. The van der Waals surface area contributed by atoms with Crippen LogP contribution in [0.3, 0.4) is 0 Å². The minimum atomic E-state index is -3.03. The van der Waals surface area contributed by atoms with Crippen molar-refractivity contribution in [3.63, 3.8) is 0 Å². The SMILES string of the molecule is N#CC(Cl)CN1CCS1(=O)=O. The molecule has 0 bridgehead atoms. The van der Waals surface area contributed by atoms with E-state index in [9.17, 15) is 8.42 Å². The molecule has 1 atom stereocenters. The van der Waals surface area contributed by atoms with Crippen molar-refractivity contribution >= 4 is 21.6 Å². The highest BCUT2D eigenvalue weighted by atomic mass is 35.5. The Bertz CT molecular complexity index is 281. The van der Waals surface area contributed by atoms with Gasteiger partial charge in [0.1, 0.15) is 5.38 Å². The molecule has 1 unspecified atom stereocenters. The van der Waals surface area contributed by atoms with Gasteiger partial charge >= 0.3 is 0 Å². The summed E-state index contributed by atoms with van der Waals surface area (Å²) in [6.45, 7) is 0.605. The number of nitrogens with zero attached hydrogens (tertiary/aromatic N) is 2. The molecule has 0 saturated carbocycles. The fraction of sp³-hybridized carbons (Fsp3) is 0.800. The van der Waals surface area contributed by atoms with Crippen LogP contribution in [0.15, 0.2) is 0 Å². The Balaban J connectivity index is 2.48. The van der Waals surface area contributed by atoms with Crippen LogP contribution in [0.25, 0.3) is 0 Å². The quantitative estimate of drug-likeness (QED) is 0.571. The lowest BCUT2D eigenvalue weighted by molar-refractivity contribution is 0.392. The Morgan fingerprint density at radius 3 is 2.64 bits per heavy atom. The van der Waals surface area contributed by atoms with Crippen molar-refractivity contribution in [1.29, 1.82) is 5.26 Å². The first-order valence-corrected chi connectivity index (χ1v) is 5.12. The largest absolute Gasteiger partial charge is 0.215 e. The fourth-order valence-electron chi connectivity index (χ4n) is 0.794. The maximum absolute atomic E-state index is 10.8. The average molecular weight is 195 g/mol. The van der Waals surface area contributed by atoms with E-state index in [0.717, 1.165) is 0 Å². The van der Waals surface area contributed by atoms with E-state index >= 15 is 0 Å². The standard InChI is InChI=1S/C5H7ClN2O2S/c6-5(3-7)4-8-1-2-11(8,9)10/h5H,1-2,4H2. The summed E-state index contributed by atoms with van der Waals surface area (Å²) in [7, 11) is -3.03. The molecule has 0 amide bonds. The molecule has 0 N–H and O–H groups in total. The molecule has 1 aliphatic rings. The van der Waals surface area contributed by atoms with Crippen molar-refractivity contribution in [1.82, 2.24) is 4.31 Å². The van der Waals surface area contributed by atoms with Gasteiger partial charge in [-0.3, -0.25) is 0 Å². The second-order valence-electron chi connectivity index (χ2n) is 2.27. The van der Waals surface area contributed by atoms with Gasteiger partial charge in [-0.1, -0.05) is 0 Å². The molecule has 62 valence electrons. The van der Waals surface area contributed by atoms with Gasteiger partial charge in [0.15, 0.2) is 0 Å². The number of alkyl halides is 1. The first-order chi connectivity index (χ1) is 5.06. The lowest BCUT2D eigenvalue weighted by Crippen LogP contribution is -2.49. The fourth-order valence-corrected chi connectivity index (χ4v) is 2.16. The number of hydrogen-bond acceptors (Lipinski definition) is 3. The molecule has 0 aromatic rings. The monoisotopic (exact) mass is 194 g/mol. The zero-order valence-electron chi connectivity index (χ0n) is 5.70. The van der Waals surface area contributed by atoms with Crippen LogP contribution in [0.2, 0.25) is 0 Å². The molecule has 4 nitrogen and oxygen atoms in total. The van der Waals surface area contributed by atoms with Crippen LogP contribution in [0.5, 0.6) is 0 Å². The lowest BCUT2D eigenvalue weighted by atomic mass is 10.4. The third-order valence-corrected chi connectivity index (χ3v) is 3.55. The summed E-state index contributed by atoms with van der Waals surface area (Å²) >= 11 is 5.43. The number of halogens is 1. The van der Waals surface area contributed by atoms with Crippen molar-refractivity contribution in [2.75, 3.05) is 18.8 Å². The summed E-state index contributed by atoms with van der Waals surface area (Å²) in [6, 6.07) is 1.76. The van der Waals surface area contributed by atoms with Crippen molar-refractivity contribution in [3.05, 3.63) is 0 Å². The van der Waals surface area contributed by atoms with Gasteiger partial charge in [0.05, 0.1) is 11.8 Å². The van der Waals surface area contributed by atoms with E-state index in [0.29, 0.717) is 6.54 Å². The zero-order valence-corrected chi connectivity index (χ0v) is 7.27. The van der Waals surface area contributed by atoms with Crippen LogP contribution in [0.1, 0.15) is 0 Å². The molecule has 11 heavy (non-hydrogen) atoms. The number of nitriles is 1. The van der Waals surface area contributed by atoms with E-state index < -0.39 is 15.4 Å². The van der Waals surface area contributed by atoms with Crippen LogP contribution < -0.4 is 0 Å². The van der Waals surface area contributed by atoms with E-state index in [4.69, 9.17) is 16.9 Å². The molecule has 1 rings (SSSR count). The Morgan fingerprint density at radius 1 is 1.73 bits per heavy atom. The Labute approximate surface area is 70.4 Å². The van der Waals surface area contributed by atoms with E-state index in [2.05, 4.69) is 0 Å². The molecule has 0 aliphatic carbocycles. The molecule has 0 radical (unpaired) electrons. The molecule has 1 aliphatic heterocycles. The van der Waals surface area contributed by atoms with Gasteiger partial charge in [-0.25, -0.2) is 8.42 Å². The van der Waals surface area contributed by atoms with Crippen LogP contribution in [0.4, 0.5) is 0 Å². The predicted octanol–water partition coefficient (Wildman–Crippen LogP) is -0.237. The minimum absolute atomic E-state index is 0.111. The molecular weight excluding hydrogens is 188 g/mol. The summed E-state index contributed by atoms with van der Waals surface area (Å²) in [5, 5.41) is 7.54. The van der Waals surface area contributed by atoms with E-state index in [1.807, 2.05) is 0 Å². The molecular formula is C5H7ClN2O2S. The van der Waals surface area contributed by atoms with Crippen LogP contribution in [-0.2, 0) is 10.0 Å². The van der Waals surface area contributed by atoms with Gasteiger partial charge in [-0.05, 0) is 0 Å². The van der Waals surface area contributed by atoms with Gasteiger partial charge in [-0.15, -0.1) is 11.6 Å². The number of hydrogen-bond donors (Lipinski definition) is 0. The van der Waals surface area contributed by atoms with Crippen molar-refractivity contribution in [2.24, 2.45) is 0 Å². The zero-order chi connectivity index (χ0) is 8.48. The second kappa shape index (κ2) is 2.97. The average Bonchev–Trinajstić information content (AvgIpc) is 1.98. The van der Waals surface area contributed by atoms with E-state index in [-0.39, 0.29) is 12.3 Å². The highest BCUT2D eigenvalue weighted by Crippen LogP contribution is 2.14. The molecule has 0 aromatic heterocycles. The molecule has 0 aromatic carbocycles. The van der Waals surface area contributed by atoms with Crippen LogP contribution in [0, 0.1) is 11.3 Å². The summed E-state index contributed by atoms with van der Waals surface area (Å²) in [4.78, 5) is 0. The molecule has 1 fully saturated rings. The summed E-state index contributed by atoms with van der Waals surface area (Å²) in [6.07, 6.45) is 0. The van der Waals surface area contributed by atoms with E-state index in [1.165, 1.54) is 4.31 Å². The lowest BCUT2D eigenvalue weighted by Gasteiger charge is -2.30. The number of sulfonamides is 1. The highest BCUT2D eigenvalue weighted by Gasteiger charge is 2.33. The smallest absolute Gasteiger partial charge is 0.212 e. The Morgan fingerprint density at radius 2 is 2.36 bits per heavy atom. The van der Waals surface area contributed by atoms with Gasteiger partial charge < -0.3 is 0 Å². The first kappa shape index (κ1) is 8.78. The third-order valence-electron chi connectivity index (χ3n) is 1.50. The van der Waals surface area contributed by atoms with Gasteiger partial charge in [0.25, 0.3) is 0 Å². The molecule has 1 heterocycles. The van der Waals surface area contributed by atoms with Crippen molar-refractivity contribution in [2.45, 2.75) is 5.38 Å². The molecule has 6 heteroatoms. The van der Waals surface area contributed by atoms with Crippen molar-refractivity contribution < 1.29 is 8.42 Å². The van der Waals surface area contributed by atoms with Crippen LogP contribution >= 0.6 is 11.6 Å². The Hall–Kier alpha value is -0.310. The Kier molecular flexibility index (Phi) is 2.37. The second-order valence-corrected chi connectivity index (χ2v) is 4.89. The predicted molar refractivity (Wildman–Crippen MR) is 40.6 cm³/mol. The normalized spacial score (nSPS) is 25.1. The van der Waals surface area contributed by atoms with Crippen molar-refractivity contribution in [3.8, 4) is 6.07 Å². The van der Waals surface area contributed by atoms with Gasteiger partial charge in [0.2, 0.25) is 10.0 Å². The maximum Gasteiger partial charge on any atom is 0.215 e. The van der Waals surface area contributed by atoms with Gasteiger partial charge in [0, 0.05) is 13.1 Å². The van der Waals surface area contributed by atoms with Gasteiger partial charge in [-0.2, -0.15) is 9.57 Å². The van der Waals surface area contributed by atoms with Crippen LogP contribution in [-0.4, -0.2) is 36.9 Å². The third kappa shape index (κ3) is 1.83. The first-order valence-electron chi connectivity index (χ1n) is 3.08. The topological polar surface area (TPSA) is 61.2 Å². The number of rotatable bonds is 2. The highest BCUT2D eigenvalue weighted by molar-refractivity contribution is 7.90. The van der Waals surface area contributed by atoms with E-state index in [1.54, 1.807) is 6.07 Å². The maximum atomic E-state index is 10.8. The summed E-state index contributed by atoms with van der Waals surface area (Å²) < 4.78 is 22.9.